The molecule has 2 atom stereocenters. The summed E-state index contributed by atoms with van der Waals surface area (Å²) >= 11 is 0. The van der Waals surface area contributed by atoms with Gasteiger partial charge in [-0.1, -0.05) is 6.42 Å². The second-order valence-corrected chi connectivity index (χ2v) is 8.92. The van der Waals surface area contributed by atoms with Crippen LogP contribution < -0.4 is 9.47 Å². The first-order valence-electron chi connectivity index (χ1n) is 10.8. The SMILES string of the molecule is COc1ccc2c(c1)OCC1=C2CCN(CCN2CC3CCCC(C3)C2)C1. The minimum Gasteiger partial charge on any atom is -0.497 e. The van der Waals surface area contributed by atoms with Crippen LogP contribution in [0, 0.1) is 11.8 Å². The van der Waals surface area contributed by atoms with E-state index in [0.29, 0.717) is 0 Å². The summed E-state index contributed by atoms with van der Waals surface area (Å²) in [6.45, 7) is 8.11. The normalized spacial score (nSPS) is 28.3. The highest BCUT2D eigenvalue weighted by molar-refractivity contribution is 5.76. The Morgan fingerprint density at radius 3 is 2.74 bits per heavy atom. The van der Waals surface area contributed by atoms with Crippen molar-refractivity contribution in [2.45, 2.75) is 32.1 Å². The Hall–Kier alpha value is -1.52. The number of benzene rings is 1. The quantitative estimate of drug-likeness (QED) is 0.810. The third-order valence-corrected chi connectivity index (χ3v) is 7.09. The third-order valence-electron chi connectivity index (χ3n) is 7.09. The highest BCUT2D eigenvalue weighted by Crippen LogP contribution is 2.39. The molecule has 2 unspecified atom stereocenters. The average molecular weight is 369 g/mol. The summed E-state index contributed by atoms with van der Waals surface area (Å²) in [5.41, 5.74) is 4.28. The van der Waals surface area contributed by atoms with Crippen molar-refractivity contribution in [1.82, 2.24) is 9.80 Å². The lowest BCUT2D eigenvalue weighted by Gasteiger charge is -2.42. The lowest BCUT2D eigenvalue weighted by atomic mass is 9.78. The van der Waals surface area contributed by atoms with Crippen LogP contribution in [0.25, 0.3) is 5.57 Å². The van der Waals surface area contributed by atoms with Gasteiger partial charge >= 0.3 is 0 Å². The fourth-order valence-electron chi connectivity index (χ4n) is 5.71. The molecule has 2 bridgehead atoms. The van der Waals surface area contributed by atoms with Crippen LogP contribution in [0.2, 0.25) is 0 Å². The van der Waals surface area contributed by atoms with Crippen molar-refractivity contribution in [3.05, 3.63) is 29.3 Å². The van der Waals surface area contributed by atoms with E-state index in [1.165, 1.54) is 75.1 Å². The monoisotopic (exact) mass is 368 g/mol. The maximum absolute atomic E-state index is 6.05. The Kier molecular flexibility index (Phi) is 4.87. The van der Waals surface area contributed by atoms with Gasteiger partial charge in [-0.3, -0.25) is 4.90 Å². The van der Waals surface area contributed by atoms with E-state index >= 15 is 0 Å². The molecule has 1 aliphatic carbocycles. The number of likely N-dealkylation sites (tertiary alicyclic amines) is 1. The van der Waals surface area contributed by atoms with Gasteiger partial charge in [0.25, 0.3) is 0 Å². The second-order valence-electron chi connectivity index (χ2n) is 8.92. The zero-order valence-electron chi connectivity index (χ0n) is 16.6. The lowest BCUT2D eigenvalue weighted by Crippen LogP contribution is -2.46. The molecule has 1 aromatic carbocycles. The van der Waals surface area contributed by atoms with Gasteiger partial charge in [0.2, 0.25) is 0 Å². The van der Waals surface area contributed by atoms with E-state index in [9.17, 15) is 0 Å². The molecule has 27 heavy (non-hydrogen) atoms. The molecule has 3 aliphatic heterocycles. The number of rotatable bonds is 4. The van der Waals surface area contributed by atoms with Crippen molar-refractivity contribution in [3.8, 4) is 11.5 Å². The van der Waals surface area contributed by atoms with Crippen LogP contribution in [0.4, 0.5) is 0 Å². The third kappa shape index (κ3) is 3.62. The summed E-state index contributed by atoms with van der Waals surface area (Å²) in [5, 5.41) is 0. The van der Waals surface area contributed by atoms with Crippen molar-refractivity contribution < 1.29 is 9.47 Å². The fourth-order valence-corrected chi connectivity index (χ4v) is 5.71. The molecule has 3 heterocycles. The number of nitrogens with zero attached hydrogens (tertiary/aromatic N) is 2. The molecular formula is C23H32N2O2. The first kappa shape index (κ1) is 17.6. The number of methoxy groups -OCH3 is 1. The van der Waals surface area contributed by atoms with Crippen LogP contribution >= 0.6 is 0 Å². The molecule has 1 saturated heterocycles. The second kappa shape index (κ2) is 7.48. The van der Waals surface area contributed by atoms with Crippen LogP contribution in [0.15, 0.2) is 23.8 Å². The molecule has 0 spiro atoms. The zero-order chi connectivity index (χ0) is 18.2. The largest absolute Gasteiger partial charge is 0.497 e. The molecule has 5 rings (SSSR count). The summed E-state index contributed by atoms with van der Waals surface area (Å²) < 4.78 is 11.4. The molecule has 1 aromatic rings. The van der Waals surface area contributed by atoms with E-state index in [1.54, 1.807) is 7.11 Å². The van der Waals surface area contributed by atoms with Crippen LogP contribution in [-0.4, -0.2) is 62.8 Å². The number of piperidine rings is 1. The average Bonchev–Trinajstić information content (AvgIpc) is 2.71. The minimum atomic E-state index is 0.736. The van der Waals surface area contributed by atoms with Crippen molar-refractivity contribution >= 4 is 5.57 Å². The number of hydrogen-bond donors (Lipinski definition) is 0. The first-order valence-corrected chi connectivity index (χ1v) is 10.8. The molecule has 2 fully saturated rings. The zero-order valence-corrected chi connectivity index (χ0v) is 16.6. The summed E-state index contributed by atoms with van der Waals surface area (Å²) in [4.78, 5) is 5.39. The number of hydrogen-bond acceptors (Lipinski definition) is 4. The Balaban J connectivity index is 1.21. The molecule has 4 aliphatic rings. The van der Waals surface area contributed by atoms with Gasteiger partial charge in [0, 0.05) is 50.9 Å². The Bertz CT molecular complexity index is 717. The van der Waals surface area contributed by atoms with E-state index in [0.717, 1.165) is 42.9 Å². The highest BCUT2D eigenvalue weighted by Gasteiger charge is 2.31. The van der Waals surface area contributed by atoms with Gasteiger partial charge in [-0.15, -0.1) is 0 Å². The topological polar surface area (TPSA) is 24.9 Å². The van der Waals surface area contributed by atoms with Crippen LogP contribution in [0.1, 0.15) is 37.7 Å². The van der Waals surface area contributed by atoms with Crippen LogP contribution in [0.3, 0.4) is 0 Å². The lowest BCUT2D eigenvalue weighted by molar-refractivity contribution is 0.0770. The van der Waals surface area contributed by atoms with Crippen molar-refractivity contribution in [2.24, 2.45) is 11.8 Å². The maximum Gasteiger partial charge on any atom is 0.130 e. The van der Waals surface area contributed by atoms with E-state index in [4.69, 9.17) is 9.47 Å². The van der Waals surface area contributed by atoms with Gasteiger partial charge in [-0.25, -0.2) is 0 Å². The smallest absolute Gasteiger partial charge is 0.130 e. The predicted octanol–water partition coefficient (Wildman–Crippen LogP) is 3.67. The van der Waals surface area contributed by atoms with E-state index in [-0.39, 0.29) is 0 Å². The van der Waals surface area contributed by atoms with Crippen molar-refractivity contribution in [1.29, 1.82) is 0 Å². The van der Waals surface area contributed by atoms with E-state index < -0.39 is 0 Å². The molecule has 0 N–H and O–H groups in total. The van der Waals surface area contributed by atoms with Gasteiger partial charge in [-0.05, 0) is 60.8 Å². The molecule has 1 saturated carbocycles. The Morgan fingerprint density at radius 1 is 1.11 bits per heavy atom. The van der Waals surface area contributed by atoms with Crippen molar-refractivity contribution in [2.75, 3.05) is 53.0 Å². The fraction of sp³-hybridized carbons (Fsp3) is 0.652. The van der Waals surface area contributed by atoms with Crippen molar-refractivity contribution in [3.63, 3.8) is 0 Å². The molecular weight excluding hydrogens is 336 g/mol. The Morgan fingerprint density at radius 2 is 1.93 bits per heavy atom. The van der Waals surface area contributed by atoms with E-state index in [1.807, 2.05) is 6.07 Å². The standard InChI is InChI=1S/C23H32N2O2/c1-26-20-5-6-22-21-7-8-24(15-19(21)16-27-23(22)12-20)9-10-25-13-17-3-2-4-18(11-17)14-25/h5-6,12,17-18H,2-4,7-11,13-16H2,1H3. The molecule has 0 aromatic heterocycles. The van der Waals surface area contributed by atoms with Gasteiger partial charge < -0.3 is 14.4 Å². The number of fused-ring (bicyclic) bond motifs is 4. The van der Waals surface area contributed by atoms with Gasteiger partial charge in [-0.2, -0.15) is 0 Å². The predicted molar refractivity (Wildman–Crippen MR) is 108 cm³/mol. The molecule has 4 heteroatoms. The molecule has 0 amide bonds. The van der Waals surface area contributed by atoms with Crippen LogP contribution in [0.5, 0.6) is 11.5 Å². The molecule has 4 nitrogen and oxygen atoms in total. The summed E-state index contributed by atoms with van der Waals surface area (Å²) in [7, 11) is 1.71. The summed E-state index contributed by atoms with van der Waals surface area (Å²) in [6.07, 6.45) is 7.05. The van der Waals surface area contributed by atoms with Gasteiger partial charge in [0.1, 0.15) is 18.1 Å². The first-order chi connectivity index (χ1) is 13.3. The number of ether oxygens (including phenoxy) is 2. The molecule has 146 valence electrons. The van der Waals surface area contributed by atoms with Crippen LogP contribution in [-0.2, 0) is 0 Å². The van der Waals surface area contributed by atoms with Gasteiger partial charge in [0.15, 0.2) is 0 Å². The molecule has 0 radical (unpaired) electrons. The summed E-state index contributed by atoms with van der Waals surface area (Å²) in [5.74, 6) is 3.82. The maximum atomic E-state index is 6.05. The summed E-state index contributed by atoms with van der Waals surface area (Å²) in [6, 6.07) is 6.25. The van der Waals surface area contributed by atoms with Gasteiger partial charge in [0.05, 0.1) is 7.11 Å². The minimum absolute atomic E-state index is 0.736. The Labute approximate surface area is 163 Å². The highest BCUT2D eigenvalue weighted by atomic mass is 16.5. The van der Waals surface area contributed by atoms with E-state index in [2.05, 4.69) is 21.9 Å².